The standard InChI is InChI=1S/C29H22F5N5O6.Na/c1-2-9-43-15-6-7-16(18(11-15)29(32,33)34)20-12-23(45-38-20)26(28(42)44-10-8-24(40)41)39-14-22-21(13-35-39)36-27(37-22)17-4-3-5-19(30)25(17)31;/h3-7,11-14,26H,2,8-10H2,1H3,(H,40,41);. The van der Waals surface area contributed by atoms with Gasteiger partial charge in [0.1, 0.15) is 29.4 Å². The Labute approximate surface area is 279 Å². The van der Waals surface area contributed by atoms with E-state index in [1.54, 1.807) is 6.92 Å². The summed E-state index contributed by atoms with van der Waals surface area (Å²) in [7, 11) is 0. The molecule has 3 heterocycles. The first-order valence-electron chi connectivity index (χ1n) is 13.3. The average molecular weight is 655 g/mol. The van der Waals surface area contributed by atoms with Crippen molar-refractivity contribution in [1.29, 1.82) is 0 Å². The zero-order valence-electron chi connectivity index (χ0n) is 24.2. The molecule has 0 bridgehead atoms. The van der Waals surface area contributed by atoms with E-state index in [-0.39, 0.29) is 81.7 Å². The maximum atomic E-state index is 14.4. The molecule has 0 saturated carbocycles. The number of aliphatic carboxylic acids is 1. The van der Waals surface area contributed by atoms with Crippen molar-refractivity contribution < 1.29 is 50.6 Å². The summed E-state index contributed by atoms with van der Waals surface area (Å²) in [6, 6.07) is 6.26. The molecule has 2 aliphatic heterocycles. The van der Waals surface area contributed by atoms with Crippen LogP contribution in [0.3, 0.4) is 0 Å². The van der Waals surface area contributed by atoms with E-state index < -0.39 is 54.4 Å². The van der Waals surface area contributed by atoms with Gasteiger partial charge in [0.05, 0.1) is 36.5 Å². The molecule has 17 heteroatoms. The number of hydrogen-bond donors (Lipinski definition) is 1. The fourth-order valence-corrected chi connectivity index (χ4v) is 4.28. The van der Waals surface area contributed by atoms with Crippen molar-refractivity contribution >= 4 is 41.5 Å². The van der Waals surface area contributed by atoms with Crippen LogP contribution in [-0.2, 0) is 20.5 Å². The number of carbonyl (C=O) groups excluding carboxylic acids is 1. The summed E-state index contributed by atoms with van der Waals surface area (Å²) in [6.07, 6.45) is -2.39. The molecule has 2 aliphatic rings. The molecule has 1 aromatic heterocycles. The van der Waals surface area contributed by atoms with Crippen molar-refractivity contribution in [2.45, 2.75) is 32.0 Å². The van der Waals surface area contributed by atoms with Gasteiger partial charge in [0.25, 0.3) is 0 Å². The first kappa shape index (κ1) is 34.5. The van der Waals surface area contributed by atoms with Gasteiger partial charge in [-0.25, -0.2) is 28.2 Å². The molecule has 0 saturated heterocycles. The van der Waals surface area contributed by atoms with Crippen LogP contribution in [0.1, 0.15) is 37.1 Å². The molecule has 5 rings (SSSR count). The molecule has 1 unspecified atom stereocenters. The predicted molar refractivity (Wildman–Crippen MR) is 150 cm³/mol. The number of rotatable bonds is 11. The number of carbonyl (C=O) groups is 2. The van der Waals surface area contributed by atoms with E-state index in [1.807, 2.05) is 0 Å². The summed E-state index contributed by atoms with van der Waals surface area (Å²) >= 11 is 0. The first-order valence-corrected chi connectivity index (χ1v) is 13.3. The summed E-state index contributed by atoms with van der Waals surface area (Å²) in [4.78, 5) is 32.5. The predicted octanol–water partition coefficient (Wildman–Crippen LogP) is 5.41. The van der Waals surface area contributed by atoms with Crippen LogP contribution in [-0.4, -0.2) is 84.7 Å². The maximum absolute atomic E-state index is 14.4. The number of esters is 1. The normalized spacial score (nSPS) is 12.0. The summed E-state index contributed by atoms with van der Waals surface area (Å²) in [5.74, 6) is -5.09. The quantitative estimate of drug-likeness (QED) is 0.112. The van der Waals surface area contributed by atoms with Crippen molar-refractivity contribution in [3.63, 3.8) is 0 Å². The molecular weight excluding hydrogens is 632 g/mol. The third kappa shape index (κ3) is 7.51. The molecule has 1 radical (unpaired) electrons. The van der Waals surface area contributed by atoms with Crippen LogP contribution in [0.15, 0.2) is 59.4 Å². The summed E-state index contributed by atoms with van der Waals surface area (Å²) < 4.78 is 86.9. The zero-order chi connectivity index (χ0) is 32.3. The molecule has 1 N–H and O–H groups in total. The van der Waals surface area contributed by atoms with Gasteiger partial charge in [-0.15, -0.1) is 0 Å². The van der Waals surface area contributed by atoms with E-state index in [1.165, 1.54) is 24.4 Å². The minimum atomic E-state index is -4.80. The van der Waals surface area contributed by atoms with Crippen LogP contribution in [0.5, 0.6) is 5.75 Å². The number of imidazole rings is 1. The third-order valence-electron chi connectivity index (χ3n) is 6.37. The monoisotopic (exact) mass is 654 g/mol. The number of benzene rings is 2. The molecule has 2 aromatic carbocycles. The largest absolute Gasteiger partial charge is 0.494 e. The number of carboxylic acids is 1. The van der Waals surface area contributed by atoms with Crippen LogP contribution in [0.4, 0.5) is 22.0 Å². The Morgan fingerprint density at radius 2 is 1.78 bits per heavy atom. The molecule has 46 heavy (non-hydrogen) atoms. The van der Waals surface area contributed by atoms with Gasteiger partial charge in [-0.05, 0) is 36.8 Å². The van der Waals surface area contributed by atoms with Crippen LogP contribution < -0.4 is 4.74 Å². The summed E-state index contributed by atoms with van der Waals surface area (Å²) in [5.41, 5.74) is -1.71. The van der Waals surface area contributed by atoms with Crippen molar-refractivity contribution in [2.24, 2.45) is 0 Å². The van der Waals surface area contributed by atoms with Gasteiger partial charge in [-0.3, -0.25) is 4.79 Å². The van der Waals surface area contributed by atoms with Crippen molar-refractivity contribution in [1.82, 2.24) is 24.9 Å². The van der Waals surface area contributed by atoms with Gasteiger partial charge < -0.3 is 19.1 Å². The van der Waals surface area contributed by atoms with Gasteiger partial charge >= 0.3 is 18.1 Å². The van der Waals surface area contributed by atoms with E-state index in [2.05, 4.69) is 20.2 Å². The SMILES string of the molecule is CCCOc1ccc(-c2cc(C(C(=O)OCCC(=O)O)n3cc4nc(-c5cccc(F)c5F)nc-4cn3)on2)c(C(F)(F)F)c1.[Na]. The number of aromatic nitrogens is 5. The topological polar surface area (TPSA) is 142 Å². The average Bonchev–Trinajstić information content (AvgIpc) is 3.64. The summed E-state index contributed by atoms with van der Waals surface area (Å²) in [5, 5.41) is 16.8. The van der Waals surface area contributed by atoms with Gasteiger partial charge in [0.15, 0.2) is 23.2 Å². The Morgan fingerprint density at radius 1 is 1.02 bits per heavy atom. The Bertz CT molecular complexity index is 1830. The Kier molecular flexibility index (Phi) is 10.7. The van der Waals surface area contributed by atoms with E-state index in [0.29, 0.717) is 6.42 Å². The number of hydrogen-bond acceptors (Lipinski definition) is 9. The molecule has 0 fully saturated rings. The third-order valence-corrected chi connectivity index (χ3v) is 6.37. The Hall–Kier alpha value is -4.41. The second-order valence-corrected chi connectivity index (χ2v) is 9.55. The van der Waals surface area contributed by atoms with Gasteiger partial charge in [0, 0.05) is 41.2 Å². The van der Waals surface area contributed by atoms with Crippen molar-refractivity contribution in [3.05, 3.63) is 77.8 Å². The van der Waals surface area contributed by atoms with Crippen LogP contribution in [0, 0.1) is 11.6 Å². The maximum Gasteiger partial charge on any atom is 0.417 e. The van der Waals surface area contributed by atoms with E-state index in [0.717, 1.165) is 35.1 Å². The van der Waals surface area contributed by atoms with E-state index in [4.69, 9.17) is 19.1 Å². The fraction of sp³-hybridized carbons (Fsp3) is 0.241. The molecule has 235 valence electrons. The van der Waals surface area contributed by atoms with Gasteiger partial charge in [-0.1, -0.05) is 18.1 Å². The molecule has 0 amide bonds. The van der Waals surface area contributed by atoms with Gasteiger partial charge in [0.2, 0.25) is 6.04 Å². The number of alkyl halides is 3. The van der Waals surface area contributed by atoms with Crippen molar-refractivity contribution in [3.8, 4) is 39.8 Å². The molecule has 1 atom stereocenters. The molecule has 0 spiro atoms. The number of ether oxygens (including phenoxy) is 2. The molecular formula is C29H22F5N5NaO6. The number of carboxylic acid groups (broad SMARTS) is 1. The zero-order valence-corrected chi connectivity index (χ0v) is 26.2. The number of fused-ring (bicyclic) bond motifs is 1. The Morgan fingerprint density at radius 3 is 2.50 bits per heavy atom. The number of nitrogens with zero attached hydrogens (tertiary/aromatic N) is 5. The second kappa shape index (κ2) is 14.3. The van der Waals surface area contributed by atoms with E-state index >= 15 is 0 Å². The Balaban J connectivity index is 0.00000480. The van der Waals surface area contributed by atoms with Crippen LogP contribution >= 0.6 is 0 Å². The number of halogens is 5. The van der Waals surface area contributed by atoms with E-state index in [9.17, 15) is 31.5 Å². The fourth-order valence-electron chi connectivity index (χ4n) is 4.28. The summed E-state index contributed by atoms with van der Waals surface area (Å²) in [6.45, 7) is 1.47. The first-order chi connectivity index (χ1) is 21.5. The minimum absolute atomic E-state index is 0. The van der Waals surface area contributed by atoms with Gasteiger partial charge in [-0.2, -0.15) is 18.3 Å². The van der Waals surface area contributed by atoms with Crippen LogP contribution in [0.25, 0.3) is 34.0 Å². The molecule has 11 nitrogen and oxygen atoms in total. The molecule has 3 aromatic rings. The van der Waals surface area contributed by atoms with Crippen molar-refractivity contribution in [2.75, 3.05) is 13.2 Å². The van der Waals surface area contributed by atoms with Crippen LogP contribution in [0.2, 0.25) is 0 Å². The second-order valence-electron chi connectivity index (χ2n) is 9.55. The minimum Gasteiger partial charge on any atom is -0.494 e. The molecule has 0 aliphatic carbocycles. The smallest absolute Gasteiger partial charge is 0.417 e.